The van der Waals surface area contributed by atoms with Crippen LogP contribution in [0.1, 0.15) is 34.8 Å². The second kappa shape index (κ2) is 7.18. The summed E-state index contributed by atoms with van der Waals surface area (Å²) >= 11 is 1.37. The molecule has 0 bridgehead atoms. The third-order valence-corrected chi connectivity index (χ3v) is 4.75. The van der Waals surface area contributed by atoms with Crippen molar-refractivity contribution < 1.29 is 14.0 Å². The Morgan fingerprint density at radius 2 is 2.00 bits per heavy atom. The fraction of sp³-hybridized carbons (Fsp3) is 0.353. The summed E-state index contributed by atoms with van der Waals surface area (Å²) in [7, 11) is 0. The van der Waals surface area contributed by atoms with Gasteiger partial charge in [0, 0.05) is 29.4 Å². The molecule has 0 fully saturated rings. The molecule has 3 amide bonds. The summed E-state index contributed by atoms with van der Waals surface area (Å²) in [6.45, 7) is 4.75. The molecule has 0 aliphatic carbocycles. The lowest BCUT2D eigenvalue weighted by molar-refractivity contribution is 0.0736. The molecule has 0 spiro atoms. The van der Waals surface area contributed by atoms with E-state index in [1.165, 1.54) is 35.6 Å². The molecule has 3 rings (SSSR count). The Hall–Kier alpha value is -2.48. The number of hydrogen-bond donors (Lipinski definition) is 2. The van der Waals surface area contributed by atoms with Crippen LogP contribution in [0.5, 0.6) is 0 Å². The number of carbonyl (C=O) groups is 2. The zero-order chi connectivity index (χ0) is 18.0. The van der Waals surface area contributed by atoms with E-state index in [-0.39, 0.29) is 23.8 Å². The smallest absolute Gasteiger partial charge is 0.321 e. The van der Waals surface area contributed by atoms with Crippen LogP contribution in [0.15, 0.2) is 24.3 Å². The molecule has 1 aliphatic rings. The van der Waals surface area contributed by atoms with Crippen molar-refractivity contribution in [1.82, 2.24) is 15.2 Å². The number of nitrogens with one attached hydrogen (secondary N) is 2. The molecule has 132 valence electrons. The molecule has 1 aromatic carbocycles. The van der Waals surface area contributed by atoms with Gasteiger partial charge >= 0.3 is 6.03 Å². The summed E-state index contributed by atoms with van der Waals surface area (Å²) in [4.78, 5) is 31.4. The number of carbonyl (C=O) groups excluding carboxylic acids is 2. The number of aromatic nitrogens is 1. The van der Waals surface area contributed by atoms with Crippen molar-refractivity contribution in [2.45, 2.75) is 32.9 Å². The van der Waals surface area contributed by atoms with E-state index in [0.29, 0.717) is 30.2 Å². The van der Waals surface area contributed by atoms with Gasteiger partial charge in [-0.15, -0.1) is 0 Å². The van der Waals surface area contributed by atoms with Gasteiger partial charge in [-0.1, -0.05) is 11.3 Å². The molecule has 0 saturated heterocycles. The molecule has 0 radical (unpaired) electrons. The van der Waals surface area contributed by atoms with Crippen molar-refractivity contribution in [3.8, 4) is 0 Å². The second-order valence-corrected chi connectivity index (χ2v) is 7.21. The molecule has 2 aromatic rings. The van der Waals surface area contributed by atoms with Crippen LogP contribution in [0.3, 0.4) is 0 Å². The molecule has 2 heterocycles. The number of fused-ring (bicyclic) bond motifs is 1. The lowest BCUT2D eigenvalue weighted by Crippen LogP contribution is -2.35. The van der Waals surface area contributed by atoms with Crippen molar-refractivity contribution in [1.29, 1.82) is 0 Å². The summed E-state index contributed by atoms with van der Waals surface area (Å²) in [6, 6.07) is 5.29. The van der Waals surface area contributed by atoms with Gasteiger partial charge in [-0.05, 0) is 38.1 Å². The van der Waals surface area contributed by atoms with Gasteiger partial charge in [0.2, 0.25) is 0 Å². The highest BCUT2D eigenvalue weighted by molar-refractivity contribution is 7.15. The number of benzene rings is 1. The maximum atomic E-state index is 13.0. The Morgan fingerprint density at radius 1 is 1.28 bits per heavy atom. The summed E-state index contributed by atoms with van der Waals surface area (Å²) in [5, 5.41) is 6.00. The van der Waals surface area contributed by atoms with Crippen LogP contribution in [-0.4, -0.2) is 34.4 Å². The number of rotatable bonds is 3. The van der Waals surface area contributed by atoms with Gasteiger partial charge in [0.1, 0.15) is 5.82 Å². The average Bonchev–Trinajstić information content (AvgIpc) is 2.95. The highest BCUT2D eigenvalue weighted by Crippen LogP contribution is 2.29. The quantitative estimate of drug-likeness (QED) is 0.881. The second-order valence-electron chi connectivity index (χ2n) is 6.13. The fourth-order valence-electron chi connectivity index (χ4n) is 2.59. The lowest BCUT2D eigenvalue weighted by atomic mass is 10.1. The molecular formula is C17H19FN4O2S. The zero-order valence-electron chi connectivity index (χ0n) is 14.0. The van der Waals surface area contributed by atoms with E-state index in [1.807, 2.05) is 13.8 Å². The minimum atomic E-state index is -0.365. The minimum absolute atomic E-state index is 0.0402. The first-order valence-electron chi connectivity index (χ1n) is 8.03. The van der Waals surface area contributed by atoms with Gasteiger partial charge in [-0.2, -0.15) is 0 Å². The predicted molar refractivity (Wildman–Crippen MR) is 94.2 cm³/mol. The van der Waals surface area contributed by atoms with Crippen molar-refractivity contribution >= 4 is 28.4 Å². The van der Waals surface area contributed by atoms with Crippen molar-refractivity contribution in [3.05, 3.63) is 46.2 Å². The molecule has 0 atom stereocenters. The first kappa shape index (κ1) is 17.3. The van der Waals surface area contributed by atoms with Gasteiger partial charge in [0.15, 0.2) is 5.13 Å². The molecule has 0 unspecified atom stereocenters. The molecule has 2 N–H and O–H groups in total. The number of hydrogen-bond acceptors (Lipinski definition) is 4. The van der Waals surface area contributed by atoms with Gasteiger partial charge in [-0.3, -0.25) is 10.1 Å². The Morgan fingerprint density at radius 3 is 2.68 bits per heavy atom. The molecular weight excluding hydrogens is 343 g/mol. The maximum absolute atomic E-state index is 13.0. The van der Waals surface area contributed by atoms with Crippen LogP contribution in [0.4, 0.5) is 14.3 Å². The number of anilines is 1. The van der Waals surface area contributed by atoms with Gasteiger partial charge < -0.3 is 10.2 Å². The van der Waals surface area contributed by atoms with E-state index < -0.39 is 0 Å². The molecule has 6 nitrogen and oxygen atoms in total. The van der Waals surface area contributed by atoms with Gasteiger partial charge in [-0.25, -0.2) is 14.2 Å². The van der Waals surface area contributed by atoms with Crippen LogP contribution in [0.2, 0.25) is 0 Å². The zero-order valence-corrected chi connectivity index (χ0v) is 14.8. The van der Waals surface area contributed by atoms with E-state index in [4.69, 9.17) is 0 Å². The fourth-order valence-corrected chi connectivity index (χ4v) is 3.61. The number of amides is 3. The topological polar surface area (TPSA) is 74.3 Å². The van der Waals surface area contributed by atoms with E-state index in [2.05, 4.69) is 15.6 Å². The first-order chi connectivity index (χ1) is 11.9. The summed E-state index contributed by atoms with van der Waals surface area (Å²) in [5.74, 6) is -0.499. The highest BCUT2D eigenvalue weighted by atomic mass is 32.1. The SMILES string of the molecule is CC(C)NC(=O)Nc1nc2c(s1)CN(C(=O)c1ccc(F)cc1)CC2. The standard InChI is InChI=1S/C17H19FN4O2S/c1-10(2)19-16(24)21-17-20-13-7-8-22(9-14(13)25-17)15(23)11-3-5-12(18)6-4-11/h3-6,10H,7-9H2,1-2H3,(H2,19,20,21,24). The third kappa shape index (κ3) is 4.14. The van der Waals surface area contributed by atoms with Crippen LogP contribution in [-0.2, 0) is 13.0 Å². The number of halogens is 1. The van der Waals surface area contributed by atoms with Crippen molar-refractivity contribution in [3.63, 3.8) is 0 Å². The monoisotopic (exact) mass is 362 g/mol. The molecule has 1 aromatic heterocycles. The summed E-state index contributed by atoms with van der Waals surface area (Å²) in [6.07, 6.45) is 0.631. The minimum Gasteiger partial charge on any atom is -0.336 e. The van der Waals surface area contributed by atoms with Crippen LogP contribution in [0, 0.1) is 5.82 Å². The Labute approximate surface area is 149 Å². The normalized spacial score (nSPS) is 13.5. The summed E-state index contributed by atoms with van der Waals surface area (Å²) in [5.41, 5.74) is 1.37. The largest absolute Gasteiger partial charge is 0.336 e. The van der Waals surface area contributed by atoms with Crippen molar-refractivity contribution in [2.24, 2.45) is 0 Å². The molecule has 0 saturated carbocycles. The van der Waals surface area contributed by atoms with Gasteiger partial charge in [0.25, 0.3) is 5.91 Å². The maximum Gasteiger partial charge on any atom is 0.321 e. The van der Waals surface area contributed by atoms with Gasteiger partial charge in [0.05, 0.1) is 12.2 Å². The van der Waals surface area contributed by atoms with E-state index in [1.54, 1.807) is 4.90 Å². The van der Waals surface area contributed by atoms with E-state index in [0.717, 1.165) is 10.6 Å². The van der Waals surface area contributed by atoms with Crippen LogP contribution >= 0.6 is 11.3 Å². The van der Waals surface area contributed by atoms with Crippen molar-refractivity contribution in [2.75, 3.05) is 11.9 Å². The summed E-state index contributed by atoms with van der Waals surface area (Å²) < 4.78 is 13.0. The van der Waals surface area contributed by atoms with E-state index >= 15 is 0 Å². The first-order valence-corrected chi connectivity index (χ1v) is 8.85. The Balaban J connectivity index is 1.68. The molecule has 1 aliphatic heterocycles. The number of nitrogens with zero attached hydrogens (tertiary/aromatic N) is 2. The van der Waals surface area contributed by atoms with E-state index in [9.17, 15) is 14.0 Å². The highest BCUT2D eigenvalue weighted by Gasteiger charge is 2.25. The third-order valence-electron chi connectivity index (χ3n) is 3.75. The predicted octanol–water partition coefficient (Wildman–Crippen LogP) is 3.01. The molecule has 8 heteroatoms. The molecule has 25 heavy (non-hydrogen) atoms. The van der Waals surface area contributed by atoms with Crippen LogP contribution < -0.4 is 10.6 Å². The lowest BCUT2D eigenvalue weighted by Gasteiger charge is -2.26. The number of thiazole rings is 1. The average molecular weight is 362 g/mol. The number of urea groups is 1. The Bertz CT molecular complexity index is 788. The van der Waals surface area contributed by atoms with Crippen LogP contribution in [0.25, 0.3) is 0 Å². The Kier molecular flexibility index (Phi) is 4.98.